The van der Waals surface area contributed by atoms with E-state index in [1.165, 1.54) is 5.56 Å². The second-order valence-electron chi connectivity index (χ2n) is 8.43. The van der Waals surface area contributed by atoms with Gasteiger partial charge in [-0.2, -0.15) is 0 Å². The number of hydrogen-bond acceptors (Lipinski definition) is 5. The van der Waals surface area contributed by atoms with Crippen molar-refractivity contribution in [2.75, 3.05) is 20.7 Å². The quantitative estimate of drug-likeness (QED) is 0.353. The molecule has 0 amide bonds. The van der Waals surface area contributed by atoms with Crippen molar-refractivity contribution in [3.05, 3.63) is 62.9 Å². The van der Waals surface area contributed by atoms with E-state index in [4.69, 9.17) is 26.3 Å². The molecule has 162 valence electrons. The summed E-state index contributed by atoms with van der Waals surface area (Å²) in [6.45, 7) is 5.84. The van der Waals surface area contributed by atoms with E-state index in [0.29, 0.717) is 24.0 Å². The molecule has 2 heterocycles. The van der Waals surface area contributed by atoms with Gasteiger partial charge in [0, 0.05) is 28.9 Å². The van der Waals surface area contributed by atoms with Crippen molar-refractivity contribution in [2.24, 2.45) is 5.92 Å². The minimum atomic E-state index is 0.460. The lowest BCUT2D eigenvalue weighted by Crippen LogP contribution is -2.10. The normalized spacial score (nSPS) is 11.7. The predicted octanol–water partition coefficient (Wildman–Crippen LogP) is 6.03. The molecule has 2 aromatic carbocycles. The van der Waals surface area contributed by atoms with Crippen molar-refractivity contribution < 1.29 is 4.74 Å². The van der Waals surface area contributed by atoms with E-state index >= 15 is 0 Å². The van der Waals surface area contributed by atoms with Crippen LogP contribution in [-0.2, 0) is 13.0 Å². The summed E-state index contributed by atoms with van der Waals surface area (Å²) in [5.41, 5.74) is 5.14. The first-order valence-electron chi connectivity index (χ1n) is 10.4. The standard InChI is InChI=1S/C24H27ClN4OS/c1-15(2)13-30-22-8-6-18(25)10-17(22)11-23-26-21(14-31-23)24-27-19-7-5-16(12-29(3)4)9-20(19)28-24/h5-10,14-15H,11-13H2,1-4H3,(H,27,28). The highest BCUT2D eigenvalue weighted by Gasteiger charge is 2.13. The first kappa shape index (κ1) is 21.8. The van der Waals surface area contributed by atoms with Crippen LogP contribution in [0.15, 0.2) is 41.8 Å². The Labute approximate surface area is 192 Å². The van der Waals surface area contributed by atoms with E-state index < -0.39 is 0 Å². The fourth-order valence-electron chi connectivity index (χ4n) is 3.39. The number of H-pyrrole nitrogens is 1. The molecule has 0 saturated heterocycles. The number of aromatic amines is 1. The van der Waals surface area contributed by atoms with Crippen LogP contribution in [-0.4, -0.2) is 40.6 Å². The zero-order chi connectivity index (χ0) is 22.0. The Morgan fingerprint density at radius 3 is 2.74 bits per heavy atom. The number of ether oxygens (including phenoxy) is 1. The number of aromatic nitrogens is 3. The highest BCUT2D eigenvalue weighted by atomic mass is 35.5. The Kier molecular flexibility index (Phi) is 6.60. The number of nitrogens with one attached hydrogen (secondary N) is 1. The Bertz CT molecular complexity index is 1180. The van der Waals surface area contributed by atoms with E-state index in [1.807, 2.05) is 23.6 Å². The second kappa shape index (κ2) is 9.39. The third kappa shape index (κ3) is 5.45. The first-order valence-corrected chi connectivity index (χ1v) is 11.6. The molecule has 7 heteroatoms. The Morgan fingerprint density at radius 2 is 1.97 bits per heavy atom. The molecule has 4 rings (SSSR count). The maximum Gasteiger partial charge on any atom is 0.158 e. The maximum absolute atomic E-state index is 6.25. The molecular formula is C24H27ClN4OS. The van der Waals surface area contributed by atoms with Gasteiger partial charge in [0.15, 0.2) is 5.82 Å². The molecule has 0 aliphatic rings. The van der Waals surface area contributed by atoms with Crippen molar-refractivity contribution in [3.63, 3.8) is 0 Å². The number of imidazole rings is 1. The molecule has 0 unspecified atom stereocenters. The van der Waals surface area contributed by atoms with Crippen LogP contribution in [0.2, 0.25) is 5.02 Å². The first-order chi connectivity index (χ1) is 14.9. The van der Waals surface area contributed by atoms with Gasteiger partial charge in [-0.15, -0.1) is 11.3 Å². The van der Waals surface area contributed by atoms with E-state index in [1.54, 1.807) is 11.3 Å². The second-order valence-corrected chi connectivity index (χ2v) is 9.81. The van der Waals surface area contributed by atoms with Gasteiger partial charge in [0.2, 0.25) is 0 Å². The number of halogens is 1. The molecule has 0 spiro atoms. The van der Waals surface area contributed by atoms with Crippen molar-refractivity contribution in [1.82, 2.24) is 19.9 Å². The van der Waals surface area contributed by atoms with Crippen molar-refractivity contribution in [3.8, 4) is 17.3 Å². The van der Waals surface area contributed by atoms with Crippen LogP contribution < -0.4 is 4.74 Å². The number of fused-ring (bicyclic) bond motifs is 1. The summed E-state index contributed by atoms with van der Waals surface area (Å²) in [5, 5.41) is 3.75. The average molecular weight is 455 g/mol. The van der Waals surface area contributed by atoms with Crippen LogP contribution in [0.4, 0.5) is 0 Å². The highest BCUT2D eigenvalue weighted by molar-refractivity contribution is 7.10. The summed E-state index contributed by atoms with van der Waals surface area (Å²) in [4.78, 5) is 15.1. The minimum absolute atomic E-state index is 0.460. The molecule has 5 nitrogen and oxygen atoms in total. The van der Waals surface area contributed by atoms with E-state index in [2.05, 4.69) is 56.0 Å². The van der Waals surface area contributed by atoms with Crippen molar-refractivity contribution >= 4 is 34.0 Å². The molecule has 0 radical (unpaired) electrons. The summed E-state index contributed by atoms with van der Waals surface area (Å²) in [6, 6.07) is 12.1. The molecule has 2 aromatic heterocycles. The molecule has 0 aliphatic heterocycles. The van der Waals surface area contributed by atoms with Gasteiger partial charge >= 0.3 is 0 Å². The van der Waals surface area contributed by atoms with E-state index in [-0.39, 0.29) is 0 Å². The number of nitrogens with zero attached hydrogens (tertiary/aromatic N) is 3. The molecular weight excluding hydrogens is 428 g/mol. The molecule has 1 N–H and O–H groups in total. The smallest absolute Gasteiger partial charge is 0.158 e. The van der Waals surface area contributed by atoms with Gasteiger partial charge in [0.25, 0.3) is 0 Å². The Morgan fingerprint density at radius 1 is 1.13 bits per heavy atom. The number of rotatable bonds is 8. The predicted molar refractivity (Wildman–Crippen MR) is 129 cm³/mol. The minimum Gasteiger partial charge on any atom is -0.493 e. The highest BCUT2D eigenvalue weighted by Crippen LogP contribution is 2.29. The van der Waals surface area contributed by atoms with Crippen molar-refractivity contribution in [2.45, 2.75) is 26.8 Å². The van der Waals surface area contributed by atoms with Gasteiger partial charge in [-0.05, 0) is 55.9 Å². The molecule has 0 bridgehead atoms. The van der Waals surface area contributed by atoms with Gasteiger partial charge < -0.3 is 14.6 Å². The summed E-state index contributed by atoms with van der Waals surface area (Å²) in [5.74, 6) is 2.12. The third-order valence-corrected chi connectivity index (χ3v) is 5.86. The molecule has 0 fully saturated rings. The summed E-state index contributed by atoms with van der Waals surface area (Å²) in [6.07, 6.45) is 0.672. The number of thiazole rings is 1. The largest absolute Gasteiger partial charge is 0.493 e. The number of benzene rings is 2. The fraction of sp³-hybridized carbons (Fsp3) is 0.333. The lowest BCUT2D eigenvalue weighted by Gasteiger charge is -2.13. The van der Waals surface area contributed by atoms with Gasteiger partial charge in [0.1, 0.15) is 11.4 Å². The number of hydrogen-bond donors (Lipinski definition) is 1. The Hall–Kier alpha value is -2.41. The van der Waals surface area contributed by atoms with Gasteiger partial charge in [-0.1, -0.05) is 31.5 Å². The van der Waals surface area contributed by atoms with Crippen LogP contribution in [0.3, 0.4) is 0 Å². The molecule has 0 aliphatic carbocycles. The monoisotopic (exact) mass is 454 g/mol. The van der Waals surface area contributed by atoms with Gasteiger partial charge in [0.05, 0.1) is 22.6 Å². The van der Waals surface area contributed by atoms with Crippen molar-refractivity contribution in [1.29, 1.82) is 0 Å². The lowest BCUT2D eigenvalue weighted by molar-refractivity contribution is 0.269. The van der Waals surface area contributed by atoms with Crippen LogP contribution in [0.5, 0.6) is 5.75 Å². The zero-order valence-electron chi connectivity index (χ0n) is 18.3. The van der Waals surface area contributed by atoms with Gasteiger partial charge in [-0.25, -0.2) is 9.97 Å². The summed E-state index contributed by atoms with van der Waals surface area (Å²) in [7, 11) is 4.14. The van der Waals surface area contributed by atoms with Crippen LogP contribution >= 0.6 is 22.9 Å². The molecule has 4 aromatic rings. The molecule has 31 heavy (non-hydrogen) atoms. The fourth-order valence-corrected chi connectivity index (χ4v) is 4.39. The Balaban J connectivity index is 1.55. The zero-order valence-corrected chi connectivity index (χ0v) is 19.8. The van der Waals surface area contributed by atoms with Crippen LogP contribution in [0, 0.1) is 5.92 Å². The molecule has 0 atom stereocenters. The summed E-state index contributed by atoms with van der Waals surface area (Å²) >= 11 is 7.87. The lowest BCUT2D eigenvalue weighted by atomic mass is 10.1. The maximum atomic E-state index is 6.25. The van der Waals surface area contributed by atoms with E-state index in [9.17, 15) is 0 Å². The summed E-state index contributed by atoms with van der Waals surface area (Å²) < 4.78 is 5.99. The topological polar surface area (TPSA) is 54.0 Å². The van der Waals surface area contributed by atoms with E-state index in [0.717, 1.165) is 45.4 Å². The van der Waals surface area contributed by atoms with Gasteiger partial charge in [-0.3, -0.25) is 0 Å². The average Bonchev–Trinajstić information content (AvgIpc) is 3.33. The SMILES string of the molecule is CC(C)COc1ccc(Cl)cc1Cc1nc(-c2nc3ccc(CN(C)C)cc3[nH]2)cs1. The third-order valence-electron chi connectivity index (χ3n) is 4.78. The van der Waals surface area contributed by atoms with Crippen LogP contribution in [0.25, 0.3) is 22.6 Å². The molecule has 0 saturated carbocycles. The van der Waals surface area contributed by atoms with Crippen LogP contribution in [0.1, 0.15) is 30.0 Å².